The van der Waals surface area contributed by atoms with Gasteiger partial charge in [0.05, 0.1) is 0 Å². The molecular formula is C7H17NO6. The summed E-state index contributed by atoms with van der Waals surface area (Å²) in [5.41, 5.74) is 5.40. The van der Waals surface area contributed by atoms with Crippen LogP contribution in [0.3, 0.4) is 0 Å². The molecule has 7 heteroatoms. The maximum Gasteiger partial charge on any atom is 0.503 e. The molecule has 0 aliphatic heterocycles. The molecule has 0 bridgehead atoms. The van der Waals surface area contributed by atoms with Crippen LogP contribution >= 0.6 is 0 Å². The van der Waals surface area contributed by atoms with Crippen molar-refractivity contribution in [3.05, 3.63) is 0 Å². The predicted molar refractivity (Wildman–Crippen MR) is 49.9 cm³/mol. The third-order valence-electron chi connectivity index (χ3n) is 0.744. The summed E-state index contributed by atoms with van der Waals surface area (Å²) in [4.78, 5) is 17.1. The van der Waals surface area contributed by atoms with E-state index in [1.54, 1.807) is 0 Å². The summed E-state index contributed by atoms with van der Waals surface area (Å²) < 4.78 is 0. The molecule has 0 aromatic rings. The fourth-order valence-corrected chi connectivity index (χ4v) is 0.455. The number of carboxylic acid groups (broad SMARTS) is 4. The first kappa shape index (κ1) is 18.3. The van der Waals surface area contributed by atoms with Crippen molar-refractivity contribution < 1.29 is 30.0 Å². The molecule has 0 heterocycles. The minimum absolute atomic E-state index is 0.398. The summed E-state index contributed by atoms with van der Waals surface area (Å²) in [7, 11) is 0. The molecule has 6 N–H and O–H groups in total. The molecular weight excluding hydrogens is 194 g/mol. The predicted octanol–water partition coefficient (Wildman–Crippen LogP) is 1.58. The maximum atomic E-state index is 8.56. The Hall–Kier alpha value is -1.50. The molecule has 0 aliphatic rings. The number of rotatable bonds is 2. The molecule has 1 atom stereocenters. The minimum Gasteiger partial charge on any atom is -0.450 e. The van der Waals surface area contributed by atoms with Gasteiger partial charge in [0.1, 0.15) is 0 Å². The molecule has 0 fully saturated rings. The Kier molecular flexibility index (Phi) is 18.4. The second-order valence-electron chi connectivity index (χ2n) is 2.33. The Balaban J connectivity index is -0.000000135. The summed E-state index contributed by atoms with van der Waals surface area (Å²) in [6, 6.07) is 0.398. The van der Waals surface area contributed by atoms with Gasteiger partial charge in [-0.2, -0.15) is 0 Å². The molecule has 0 saturated heterocycles. The summed E-state index contributed by atoms with van der Waals surface area (Å²) in [5, 5.41) is 27.9. The summed E-state index contributed by atoms with van der Waals surface area (Å²) in [6.07, 6.45) is -1.31. The van der Waals surface area contributed by atoms with E-state index in [0.29, 0.717) is 6.04 Å². The monoisotopic (exact) mass is 211 g/mol. The Labute approximate surface area is 81.8 Å². The molecule has 0 amide bonds. The highest BCUT2D eigenvalue weighted by molar-refractivity contribution is 5.53. The second-order valence-corrected chi connectivity index (χ2v) is 2.33. The number of carbonyl (C=O) groups is 2. The number of hydrogen-bond acceptors (Lipinski definition) is 3. The molecule has 0 rings (SSSR count). The van der Waals surface area contributed by atoms with Crippen molar-refractivity contribution in [3.8, 4) is 0 Å². The van der Waals surface area contributed by atoms with Crippen LogP contribution in [0.4, 0.5) is 9.59 Å². The number of nitrogens with two attached hydrogens (primary N) is 1. The van der Waals surface area contributed by atoms with Gasteiger partial charge in [-0.25, -0.2) is 9.59 Å². The smallest absolute Gasteiger partial charge is 0.450 e. The van der Waals surface area contributed by atoms with Gasteiger partial charge in [-0.1, -0.05) is 13.3 Å². The molecule has 1 unspecified atom stereocenters. The van der Waals surface area contributed by atoms with E-state index in [9.17, 15) is 0 Å². The van der Waals surface area contributed by atoms with Gasteiger partial charge < -0.3 is 26.2 Å². The van der Waals surface area contributed by atoms with Gasteiger partial charge in [-0.3, -0.25) is 0 Å². The lowest BCUT2D eigenvalue weighted by Gasteiger charge is -1.96. The molecule has 7 nitrogen and oxygen atoms in total. The van der Waals surface area contributed by atoms with Crippen LogP contribution in [0, 0.1) is 0 Å². The van der Waals surface area contributed by atoms with E-state index in [1.807, 2.05) is 6.92 Å². The highest BCUT2D eigenvalue weighted by Gasteiger charge is 1.85. The molecule has 0 radical (unpaired) electrons. The van der Waals surface area contributed by atoms with Crippen LogP contribution in [-0.4, -0.2) is 38.8 Å². The van der Waals surface area contributed by atoms with Gasteiger partial charge in [0.2, 0.25) is 0 Å². The third-order valence-corrected chi connectivity index (χ3v) is 0.744. The average molecular weight is 211 g/mol. The highest BCUT2D eigenvalue weighted by Crippen LogP contribution is 1.88. The normalized spacial score (nSPS) is 9.64. The van der Waals surface area contributed by atoms with E-state index in [0.717, 1.165) is 6.42 Å². The maximum absolute atomic E-state index is 8.56. The van der Waals surface area contributed by atoms with Crippen molar-refractivity contribution in [1.82, 2.24) is 0 Å². The van der Waals surface area contributed by atoms with Crippen LogP contribution in [0.15, 0.2) is 0 Å². The topological polar surface area (TPSA) is 141 Å². The Morgan fingerprint density at radius 3 is 1.36 bits per heavy atom. The standard InChI is InChI=1S/C5H13N.2CH2O3/c1-3-4-5(2)6;2*2-1(3)4/h5H,3-4,6H2,1-2H3;2*(H2,2,3,4). The van der Waals surface area contributed by atoms with Gasteiger partial charge in [-0.15, -0.1) is 0 Å². The van der Waals surface area contributed by atoms with Gasteiger partial charge in [0.25, 0.3) is 0 Å². The molecule has 86 valence electrons. The molecule has 0 saturated carbocycles. The molecule has 0 spiro atoms. The van der Waals surface area contributed by atoms with Gasteiger partial charge in [-0.05, 0) is 13.3 Å². The van der Waals surface area contributed by atoms with Crippen LogP contribution in [0.2, 0.25) is 0 Å². The van der Waals surface area contributed by atoms with E-state index in [-0.39, 0.29) is 0 Å². The van der Waals surface area contributed by atoms with E-state index < -0.39 is 12.3 Å². The zero-order valence-electron chi connectivity index (χ0n) is 8.17. The van der Waals surface area contributed by atoms with Crippen LogP contribution in [0.25, 0.3) is 0 Å². The first-order valence-electron chi connectivity index (χ1n) is 3.83. The van der Waals surface area contributed by atoms with Crippen molar-refractivity contribution >= 4 is 12.3 Å². The number of hydrogen-bond donors (Lipinski definition) is 5. The Morgan fingerprint density at radius 2 is 1.36 bits per heavy atom. The van der Waals surface area contributed by atoms with Crippen molar-refractivity contribution in [2.75, 3.05) is 0 Å². The SMILES string of the molecule is CCCC(C)N.O=C(O)O.O=C(O)O. The van der Waals surface area contributed by atoms with Crippen LogP contribution < -0.4 is 5.73 Å². The van der Waals surface area contributed by atoms with Gasteiger partial charge >= 0.3 is 12.3 Å². The fourth-order valence-electron chi connectivity index (χ4n) is 0.455. The quantitative estimate of drug-likeness (QED) is 0.466. The summed E-state index contributed by atoms with van der Waals surface area (Å²) in [6.45, 7) is 4.17. The van der Waals surface area contributed by atoms with Crippen molar-refractivity contribution in [2.45, 2.75) is 32.7 Å². The first-order valence-corrected chi connectivity index (χ1v) is 3.83. The van der Waals surface area contributed by atoms with Gasteiger partial charge in [0, 0.05) is 6.04 Å². The zero-order valence-corrected chi connectivity index (χ0v) is 8.17. The lowest BCUT2D eigenvalue weighted by molar-refractivity contribution is 0.135. The average Bonchev–Trinajstić information content (AvgIpc) is 1.82. The van der Waals surface area contributed by atoms with Crippen LogP contribution in [0.1, 0.15) is 26.7 Å². The largest absolute Gasteiger partial charge is 0.503 e. The van der Waals surface area contributed by atoms with Crippen molar-refractivity contribution in [1.29, 1.82) is 0 Å². The lowest BCUT2D eigenvalue weighted by Crippen LogP contribution is -2.13. The van der Waals surface area contributed by atoms with E-state index in [4.69, 9.17) is 35.7 Å². The highest BCUT2D eigenvalue weighted by atomic mass is 16.6. The lowest BCUT2D eigenvalue weighted by atomic mass is 10.2. The first-order chi connectivity index (χ1) is 6.23. The van der Waals surface area contributed by atoms with Crippen LogP contribution in [-0.2, 0) is 0 Å². The van der Waals surface area contributed by atoms with E-state index >= 15 is 0 Å². The van der Waals surface area contributed by atoms with E-state index in [1.165, 1.54) is 6.42 Å². The van der Waals surface area contributed by atoms with Crippen molar-refractivity contribution in [3.63, 3.8) is 0 Å². The minimum atomic E-state index is -1.83. The summed E-state index contributed by atoms with van der Waals surface area (Å²) >= 11 is 0. The molecule has 14 heavy (non-hydrogen) atoms. The molecule has 0 aliphatic carbocycles. The van der Waals surface area contributed by atoms with Gasteiger partial charge in [0.15, 0.2) is 0 Å². The Bertz CT molecular complexity index is 127. The zero-order chi connectivity index (χ0) is 12.1. The second kappa shape index (κ2) is 14.0. The molecule has 0 aromatic carbocycles. The molecule has 0 aromatic heterocycles. The Morgan fingerprint density at radius 1 is 1.14 bits per heavy atom. The van der Waals surface area contributed by atoms with E-state index in [2.05, 4.69) is 6.92 Å². The fraction of sp³-hybridized carbons (Fsp3) is 0.714. The van der Waals surface area contributed by atoms with Crippen LogP contribution in [0.5, 0.6) is 0 Å². The summed E-state index contributed by atoms with van der Waals surface area (Å²) in [5.74, 6) is 0. The third kappa shape index (κ3) is 421. The van der Waals surface area contributed by atoms with Crippen molar-refractivity contribution in [2.24, 2.45) is 5.73 Å².